The lowest BCUT2D eigenvalue weighted by Crippen LogP contribution is -2.21. The van der Waals surface area contributed by atoms with E-state index in [-0.39, 0.29) is 0 Å². The Morgan fingerprint density at radius 3 is 2.80 bits per heavy atom. The van der Waals surface area contributed by atoms with Crippen LogP contribution in [0.5, 0.6) is 0 Å². The molecule has 108 valence electrons. The molecule has 0 radical (unpaired) electrons. The van der Waals surface area contributed by atoms with Gasteiger partial charge in [-0.05, 0) is 29.2 Å². The molecule has 0 aliphatic rings. The monoisotopic (exact) mass is 327 g/mol. The van der Waals surface area contributed by atoms with Crippen molar-refractivity contribution >= 4 is 34.9 Å². The summed E-state index contributed by atoms with van der Waals surface area (Å²) in [7, 11) is 0. The highest BCUT2D eigenvalue weighted by Gasteiger charge is 2.07. The minimum absolute atomic E-state index is 0.453. The second-order valence-electron chi connectivity index (χ2n) is 4.72. The number of nitrogens with zero attached hydrogens (tertiary/aromatic N) is 2. The molecule has 0 unspecified atom stereocenters. The van der Waals surface area contributed by atoms with Crippen LogP contribution in [0.3, 0.4) is 0 Å². The van der Waals surface area contributed by atoms with Gasteiger partial charge in [0.2, 0.25) is 0 Å². The molecule has 20 heavy (non-hydrogen) atoms. The van der Waals surface area contributed by atoms with Crippen molar-refractivity contribution in [3.8, 4) is 0 Å². The molecule has 0 fully saturated rings. The van der Waals surface area contributed by atoms with E-state index in [1.54, 1.807) is 11.8 Å². The van der Waals surface area contributed by atoms with Crippen LogP contribution in [0.1, 0.15) is 32.2 Å². The number of hydrogen-bond acceptors (Lipinski definition) is 5. The third kappa shape index (κ3) is 4.45. The van der Waals surface area contributed by atoms with Crippen LogP contribution in [0.15, 0.2) is 27.4 Å². The Hall–Kier alpha value is -0.620. The van der Waals surface area contributed by atoms with Crippen molar-refractivity contribution in [1.29, 1.82) is 0 Å². The van der Waals surface area contributed by atoms with Crippen LogP contribution in [0.4, 0.5) is 0 Å². The maximum atomic E-state index is 6.33. The summed E-state index contributed by atoms with van der Waals surface area (Å²) in [6.07, 6.45) is 0.873. The summed E-state index contributed by atoms with van der Waals surface area (Å²) in [5.74, 6) is 0.904. The van der Waals surface area contributed by atoms with Crippen LogP contribution in [0.25, 0.3) is 0 Å². The molecule has 0 bridgehead atoms. The average molecular weight is 328 g/mol. The normalized spacial score (nSPS) is 11.2. The number of nitrogens with one attached hydrogen (secondary N) is 1. The fourth-order valence-corrected chi connectivity index (χ4v) is 3.60. The first-order valence-corrected chi connectivity index (χ1v) is 8.57. The van der Waals surface area contributed by atoms with Crippen molar-refractivity contribution < 1.29 is 0 Å². The number of halogens is 1. The van der Waals surface area contributed by atoms with E-state index in [2.05, 4.69) is 47.6 Å². The Bertz CT molecular complexity index is 569. The molecule has 3 nitrogen and oxygen atoms in total. The van der Waals surface area contributed by atoms with Crippen LogP contribution in [-0.2, 0) is 13.0 Å². The maximum Gasteiger partial charge on any atom is 0.174 e. The maximum absolute atomic E-state index is 6.33. The van der Waals surface area contributed by atoms with Gasteiger partial charge in [-0.3, -0.25) is 0 Å². The molecule has 0 saturated carbocycles. The Balaban J connectivity index is 2.04. The van der Waals surface area contributed by atoms with E-state index in [4.69, 9.17) is 11.6 Å². The minimum atomic E-state index is 0.453. The fourth-order valence-electron chi connectivity index (χ4n) is 1.57. The van der Waals surface area contributed by atoms with Crippen molar-refractivity contribution in [1.82, 2.24) is 14.7 Å². The van der Waals surface area contributed by atoms with E-state index in [1.165, 1.54) is 11.5 Å². The van der Waals surface area contributed by atoms with E-state index >= 15 is 0 Å². The molecule has 1 aromatic carbocycles. The summed E-state index contributed by atoms with van der Waals surface area (Å²) >= 11 is 9.38. The highest BCUT2D eigenvalue weighted by Crippen LogP contribution is 2.31. The molecule has 2 aromatic rings. The van der Waals surface area contributed by atoms with Gasteiger partial charge >= 0.3 is 0 Å². The van der Waals surface area contributed by atoms with Crippen molar-refractivity contribution in [2.24, 2.45) is 0 Å². The zero-order chi connectivity index (χ0) is 14.5. The highest BCUT2D eigenvalue weighted by atomic mass is 35.5. The van der Waals surface area contributed by atoms with E-state index in [1.807, 2.05) is 6.07 Å². The number of hydrogen-bond donors (Lipinski definition) is 1. The molecule has 0 spiro atoms. The summed E-state index contributed by atoms with van der Waals surface area (Å²) in [4.78, 5) is 5.55. The van der Waals surface area contributed by atoms with Gasteiger partial charge in [0.1, 0.15) is 5.82 Å². The summed E-state index contributed by atoms with van der Waals surface area (Å²) in [5, 5.41) is 4.17. The van der Waals surface area contributed by atoms with E-state index in [0.29, 0.717) is 6.04 Å². The number of rotatable bonds is 6. The topological polar surface area (TPSA) is 37.8 Å². The third-order valence-corrected chi connectivity index (χ3v) is 4.83. The smallest absolute Gasteiger partial charge is 0.174 e. The van der Waals surface area contributed by atoms with Crippen LogP contribution in [0, 0.1) is 0 Å². The second kappa shape index (κ2) is 7.41. The van der Waals surface area contributed by atoms with Crippen molar-refractivity contribution in [3.05, 3.63) is 34.6 Å². The lowest BCUT2D eigenvalue weighted by Gasteiger charge is -2.10. The Labute approximate surface area is 133 Å². The van der Waals surface area contributed by atoms with Gasteiger partial charge in [0, 0.05) is 28.9 Å². The first-order valence-electron chi connectivity index (χ1n) is 6.60. The average Bonchev–Trinajstić information content (AvgIpc) is 2.85. The minimum Gasteiger partial charge on any atom is -0.310 e. The number of aryl methyl sites for hydroxylation is 1. The summed E-state index contributed by atoms with van der Waals surface area (Å²) in [6, 6.07) is 6.60. The molecule has 1 heterocycles. The van der Waals surface area contributed by atoms with Gasteiger partial charge in [0.05, 0.1) is 0 Å². The fraction of sp³-hybridized carbons (Fsp3) is 0.429. The van der Waals surface area contributed by atoms with Crippen molar-refractivity contribution in [3.63, 3.8) is 0 Å². The highest BCUT2D eigenvalue weighted by molar-refractivity contribution is 8.01. The Kier molecular flexibility index (Phi) is 5.84. The van der Waals surface area contributed by atoms with Gasteiger partial charge in [-0.2, -0.15) is 4.37 Å². The van der Waals surface area contributed by atoms with E-state index < -0.39 is 0 Å². The van der Waals surface area contributed by atoms with Crippen LogP contribution < -0.4 is 5.32 Å². The zero-order valence-corrected chi connectivity index (χ0v) is 14.2. The van der Waals surface area contributed by atoms with Gasteiger partial charge in [-0.1, -0.05) is 50.2 Å². The molecule has 0 atom stereocenters. The molecular formula is C14H18ClN3S2. The molecule has 0 saturated heterocycles. The molecule has 0 aliphatic carbocycles. The molecule has 1 aromatic heterocycles. The third-order valence-electron chi connectivity index (χ3n) is 2.70. The largest absolute Gasteiger partial charge is 0.310 e. The Morgan fingerprint density at radius 2 is 2.20 bits per heavy atom. The summed E-state index contributed by atoms with van der Waals surface area (Å²) in [5.41, 5.74) is 1.12. The molecule has 0 aliphatic heterocycles. The van der Waals surface area contributed by atoms with Crippen LogP contribution >= 0.6 is 34.9 Å². The summed E-state index contributed by atoms with van der Waals surface area (Å²) < 4.78 is 5.25. The zero-order valence-electron chi connectivity index (χ0n) is 11.8. The van der Waals surface area contributed by atoms with Gasteiger partial charge in [0.15, 0.2) is 4.34 Å². The van der Waals surface area contributed by atoms with Gasteiger partial charge < -0.3 is 5.32 Å². The first kappa shape index (κ1) is 15.8. The van der Waals surface area contributed by atoms with Crippen molar-refractivity contribution in [2.75, 3.05) is 0 Å². The van der Waals surface area contributed by atoms with Gasteiger partial charge in [-0.15, -0.1) is 0 Å². The quantitative estimate of drug-likeness (QED) is 0.853. The van der Waals surface area contributed by atoms with Gasteiger partial charge in [0.25, 0.3) is 0 Å². The first-order chi connectivity index (χ1) is 9.58. The lowest BCUT2D eigenvalue weighted by atomic mass is 10.2. The molecule has 6 heteroatoms. The molecule has 2 rings (SSSR count). The Morgan fingerprint density at radius 1 is 1.40 bits per heavy atom. The molecule has 0 amide bonds. The van der Waals surface area contributed by atoms with E-state index in [0.717, 1.165) is 38.6 Å². The van der Waals surface area contributed by atoms with Gasteiger partial charge in [-0.25, -0.2) is 4.98 Å². The van der Waals surface area contributed by atoms with Crippen LogP contribution in [0.2, 0.25) is 5.02 Å². The lowest BCUT2D eigenvalue weighted by molar-refractivity contribution is 0.589. The standard InChI is InChI=1S/C14H18ClN3S2/c1-4-13-17-14(20-18-13)19-11-6-5-10(12(15)7-11)8-16-9(2)3/h5-7,9,16H,4,8H2,1-3H3. The molecular weight excluding hydrogens is 310 g/mol. The van der Waals surface area contributed by atoms with E-state index in [9.17, 15) is 0 Å². The second-order valence-corrected chi connectivity index (χ2v) is 7.20. The van der Waals surface area contributed by atoms with Crippen molar-refractivity contribution in [2.45, 2.75) is 49.0 Å². The molecule has 1 N–H and O–H groups in total. The number of aromatic nitrogens is 2. The van der Waals surface area contributed by atoms with Crippen LogP contribution in [-0.4, -0.2) is 15.4 Å². The predicted octanol–water partition coefficient (Wildman–Crippen LogP) is 4.40. The summed E-state index contributed by atoms with van der Waals surface area (Å²) in [6.45, 7) is 7.10. The number of benzene rings is 1. The SMILES string of the molecule is CCc1nsc(Sc2ccc(CNC(C)C)c(Cl)c2)n1. The predicted molar refractivity (Wildman–Crippen MR) is 86.8 cm³/mol.